The highest BCUT2D eigenvalue weighted by Gasteiger charge is 2.38. The number of carbonyl (C=O) groups is 1. The summed E-state index contributed by atoms with van der Waals surface area (Å²) < 4.78 is 94.2. The van der Waals surface area contributed by atoms with Gasteiger partial charge in [0.2, 0.25) is 0 Å². The number of anilines is 1. The average Bonchev–Trinajstić information content (AvgIpc) is 2.73. The molecule has 35 heavy (non-hydrogen) atoms. The predicted molar refractivity (Wildman–Crippen MR) is 114 cm³/mol. The number of hydrogen-bond donors (Lipinski definition) is 2. The molecule has 2 N–H and O–H groups in total. The van der Waals surface area contributed by atoms with Crippen LogP contribution in [0.4, 0.5) is 27.6 Å². The number of alkyl halides is 5. The summed E-state index contributed by atoms with van der Waals surface area (Å²) in [5, 5.41) is 8.92. The quantitative estimate of drug-likeness (QED) is 0.402. The van der Waals surface area contributed by atoms with Crippen molar-refractivity contribution in [3.8, 4) is 17.4 Å². The molecule has 0 saturated carbocycles. The lowest BCUT2D eigenvalue weighted by atomic mass is 10.1. The van der Waals surface area contributed by atoms with E-state index in [4.69, 9.17) is 9.52 Å². The molecule has 186 valence electrons. The molecule has 2 aromatic carbocycles. The van der Waals surface area contributed by atoms with Crippen LogP contribution in [0, 0.1) is 11.7 Å². The summed E-state index contributed by atoms with van der Waals surface area (Å²) in [6.07, 6.45) is -3.75. The van der Waals surface area contributed by atoms with Crippen molar-refractivity contribution in [2.45, 2.75) is 24.6 Å². The Morgan fingerprint density at radius 1 is 1.09 bits per heavy atom. The summed E-state index contributed by atoms with van der Waals surface area (Å²) in [4.78, 5) is 13.1. The van der Waals surface area contributed by atoms with E-state index in [9.17, 15) is 31.0 Å². The molecule has 0 bridgehead atoms. The van der Waals surface area contributed by atoms with Crippen molar-refractivity contribution in [2.75, 3.05) is 11.6 Å². The maximum Gasteiger partial charge on any atom is 0.435 e. The van der Waals surface area contributed by atoms with Gasteiger partial charge < -0.3 is 14.8 Å². The molecule has 0 aliphatic heterocycles. The van der Waals surface area contributed by atoms with Gasteiger partial charge in [-0.2, -0.15) is 22.0 Å². The van der Waals surface area contributed by atoms with E-state index in [1.165, 1.54) is 42.7 Å². The zero-order valence-corrected chi connectivity index (χ0v) is 18.8. The fourth-order valence-corrected chi connectivity index (χ4v) is 3.61. The summed E-state index contributed by atoms with van der Waals surface area (Å²) in [6, 6.07) is 10.1. The molecule has 3 aromatic rings. The van der Waals surface area contributed by atoms with Crippen LogP contribution in [0.5, 0.6) is 17.4 Å². The van der Waals surface area contributed by atoms with E-state index in [1.54, 1.807) is 0 Å². The molecule has 0 spiro atoms. The first-order valence-corrected chi connectivity index (χ1v) is 11.5. The van der Waals surface area contributed by atoms with E-state index >= 15 is 0 Å². The Bertz CT molecular complexity index is 1350. The minimum absolute atomic E-state index is 0.0453. The second-order valence-corrected chi connectivity index (χ2v) is 9.29. The first kappa shape index (κ1) is 25.8. The zero-order valence-electron chi connectivity index (χ0n) is 18.0. The zero-order chi connectivity index (χ0) is 26.0. The molecule has 1 amide bonds. The van der Waals surface area contributed by atoms with Gasteiger partial charge >= 0.3 is 12.8 Å². The van der Waals surface area contributed by atoms with Gasteiger partial charge in [-0.05, 0) is 55.0 Å². The van der Waals surface area contributed by atoms with Gasteiger partial charge in [-0.1, -0.05) is 6.07 Å². The van der Waals surface area contributed by atoms with Crippen LogP contribution >= 0.6 is 0 Å². The second-order valence-electron chi connectivity index (χ2n) is 7.13. The molecule has 3 rings (SSSR count). The highest BCUT2D eigenvalue weighted by Crippen LogP contribution is 2.35. The van der Waals surface area contributed by atoms with Crippen LogP contribution in [0.1, 0.15) is 21.6 Å². The summed E-state index contributed by atoms with van der Waals surface area (Å²) >= 11 is 0. The van der Waals surface area contributed by atoms with Crippen molar-refractivity contribution in [3.05, 3.63) is 65.4 Å². The van der Waals surface area contributed by atoms with Gasteiger partial charge in [-0.15, -0.1) is 10.2 Å². The number of nitrogens with zero attached hydrogens (tertiary/aromatic N) is 2. The van der Waals surface area contributed by atoms with E-state index in [0.717, 1.165) is 19.1 Å². The number of amides is 1. The third-order valence-electron chi connectivity index (χ3n) is 4.49. The molecule has 1 atom stereocenters. The molecular formula is C21H17F5N4O4S. The van der Waals surface area contributed by atoms with Crippen LogP contribution in [-0.2, 0) is 15.9 Å². The van der Waals surface area contributed by atoms with E-state index in [0.29, 0.717) is 0 Å². The van der Waals surface area contributed by atoms with Gasteiger partial charge in [0.05, 0.1) is 9.73 Å². The summed E-state index contributed by atoms with van der Waals surface area (Å²) in [6.45, 7) is -2.05. The highest BCUT2D eigenvalue weighted by atomic mass is 32.2. The van der Waals surface area contributed by atoms with Gasteiger partial charge in [0.25, 0.3) is 11.8 Å². The van der Waals surface area contributed by atoms with Gasteiger partial charge in [-0.25, -0.2) is 8.99 Å². The number of halogens is 5. The van der Waals surface area contributed by atoms with Crippen molar-refractivity contribution in [1.82, 2.24) is 10.2 Å². The average molecular weight is 516 g/mol. The van der Waals surface area contributed by atoms with Crippen molar-refractivity contribution in [2.24, 2.45) is 0 Å². The number of carbonyl (C=O) groups excluding carboxylic acids is 1. The molecule has 0 fully saturated rings. The van der Waals surface area contributed by atoms with E-state index in [-0.39, 0.29) is 22.1 Å². The fourth-order valence-electron chi connectivity index (χ4n) is 2.92. The van der Waals surface area contributed by atoms with Crippen LogP contribution in [0.3, 0.4) is 0 Å². The van der Waals surface area contributed by atoms with Crippen molar-refractivity contribution in [1.29, 1.82) is 4.78 Å². The normalized spacial score (nSPS) is 13.3. The van der Waals surface area contributed by atoms with Crippen LogP contribution in [-0.4, -0.2) is 33.2 Å². The largest absolute Gasteiger partial charge is 0.437 e. The Morgan fingerprint density at radius 2 is 1.71 bits per heavy atom. The topological polar surface area (TPSA) is 114 Å². The van der Waals surface area contributed by atoms with E-state index in [1.807, 2.05) is 0 Å². The van der Waals surface area contributed by atoms with Crippen molar-refractivity contribution >= 4 is 21.3 Å². The third-order valence-corrected chi connectivity index (χ3v) is 5.64. The van der Waals surface area contributed by atoms with Gasteiger partial charge in [0, 0.05) is 16.8 Å². The molecule has 0 saturated heterocycles. The highest BCUT2D eigenvalue weighted by molar-refractivity contribution is 7.91. The Morgan fingerprint density at radius 3 is 2.29 bits per heavy atom. The van der Waals surface area contributed by atoms with Gasteiger partial charge in [0.15, 0.2) is 5.69 Å². The Hall–Kier alpha value is -3.81. The summed E-state index contributed by atoms with van der Waals surface area (Å²) in [5.41, 5.74) is -2.51. The molecule has 1 aromatic heterocycles. The lowest BCUT2D eigenvalue weighted by Crippen LogP contribution is -2.21. The SMILES string of the molecule is Cc1c(C(F)(F)F)nnc(Oc2ccc(OC(F)F)cc2)c1C(=O)Nc1cccc(S(C)(=N)=O)c1. The summed E-state index contributed by atoms with van der Waals surface area (Å²) in [5.74, 6) is -1.86. The van der Waals surface area contributed by atoms with Gasteiger partial charge in [0.1, 0.15) is 17.1 Å². The molecule has 1 unspecified atom stereocenters. The Labute approximate surface area is 196 Å². The summed E-state index contributed by atoms with van der Waals surface area (Å²) in [7, 11) is -3.12. The molecule has 8 nitrogen and oxygen atoms in total. The van der Waals surface area contributed by atoms with E-state index < -0.39 is 51.1 Å². The molecule has 14 heteroatoms. The van der Waals surface area contributed by atoms with Crippen molar-refractivity contribution in [3.63, 3.8) is 0 Å². The Balaban J connectivity index is 2.00. The Kier molecular flexibility index (Phi) is 7.24. The maximum absolute atomic E-state index is 13.4. The molecular weight excluding hydrogens is 499 g/mol. The number of hydrogen-bond acceptors (Lipinski definition) is 7. The second kappa shape index (κ2) is 9.82. The lowest BCUT2D eigenvalue weighted by Gasteiger charge is -2.16. The van der Waals surface area contributed by atoms with Gasteiger partial charge in [-0.3, -0.25) is 4.79 Å². The standard InChI is InChI=1S/C21H17F5N4O4S/c1-11-16(18(31)28-12-4-3-5-15(10-12)35(2,27)32)19(30-29-17(11)21(24,25)26)33-13-6-8-14(9-7-13)34-20(22)23/h3-10,20,27H,1-2H3,(H,28,31). The van der Waals surface area contributed by atoms with Crippen molar-refractivity contribution < 1.29 is 40.4 Å². The first-order valence-electron chi connectivity index (χ1n) is 9.58. The minimum Gasteiger partial charge on any atom is -0.437 e. The predicted octanol–water partition coefficient (Wildman–Crippen LogP) is 5.49. The minimum atomic E-state index is -4.92. The lowest BCUT2D eigenvalue weighted by molar-refractivity contribution is -0.142. The van der Waals surface area contributed by atoms with Crippen LogP contribution in [0.25, 0.3) is 0 Å². The van der Waals surface area contributed by atoms with Crippen LogP contribution in [0.15, 0.2) is 53.4 Å². The first-order chi connectivity index (χ1) is 16.3. The van der Waals surface area contributed by atoms with Crippen LogP contribution < -0.4 is 14.8 Å². The molecule has 0 aliphatic carbocycles. The number of aromatic nitrogens is 2. The molecule has 1 heterocycles. The third kappa shape index (κ3) is 6.41. The maximum atomic E-state index is 13.4. The monoisotopic (exact) mass is 516 g/mol. The smallest absolute Gasteiger partial charge is 0.435 e. The number of ether oxygens (including phenoxy) is 2. The van der Waals surface area contributed by atoms with E-state index in [2.05, 4.69) is 20.3 Å². The molecule has 0 aliphatic rings. The van der Waals surface area contributed by atoms with Crippen LogP contribution in [0.2, 0.25) is 0 Å². The number of benzene rings is 2. The number of rotatable bonds is 7. The fraction of sp³-hybridized carbons (Fsp3) is 0.190. The molecule has 0 radical (unpaired) electrons. The number of nitrogens with one attached hydrogen (secondary N) is 2.